The Morgan fingerprint density at radius 2 is 1.42 bits per heavy atom. The van der Waals surface area contributed by atoms with Gasteiger partial charge in [0.2, 0.25) is 0 Å². The summed E-state index contributed by atoms with van der Waals surface area (Å²) in [6.45, 7) is 3.58. The van der Waals surface area contributed by atoms with Crippen LogP contribution in [-0.4, -0.2) is 52.8 Å². The molecular weight excluding hydrogens is 394 g/mol. The summed E-state index contributed by atoms with van der Waals surface area (Å²) >= 11 is 0. The van der Waals surface area contributed by atoms with Gasteiger partial charge in [0.15, 0.2) is 0 Å². The number of carboxylic acid groups (broad SMARTS) is 2. The van der Waals surface area contributed by atoms with Gasteiger partial charge in [0.1, 0.15) is 11.9 Å². The van der Waals surface area contributed by atoms with Gasteiger partial charge in [0.05, 0.1) is 0 Å². The fourth-order valence-corrected chi connectivity index (χ4v) is 3.64. The quantitative estimate of drug-likeness (QED) is 0.584. The van der Waals surface area contributed by atoms with E-state index in [4.69, 9.17) is 14.9 Å². The maximum atomic E-state index is 9.55. The monoisotopic (exact) mass is 419 g/mol. The van der Waals surface area contributed by atoms with Crippen LogP contribution in [0.2, 0.25) is 0 Å². The minimum atomic E-state index is -1.26. The first-order valence-corrected chi connectivity index (χ1v) is 10.2. The van der Waals surface area contributed by atoms with Crippen LogP contribution in [0.3, 0.4) is 0 Å². The van der Waals surface area contributed by atoms with Gasteiger partial charge in [0.25, 0.3) is 0 Å². The normalized spacial score (nSPS) is 21.4. The molecule has 5 rings (SSSR count). The molecule has 2 aromatic rings. The number of nitrogens with zero attached hydrogens (tertiary/aromatic N) is 1. The van der Waals surface area contributed by atoms with E-state index in [9.17, 15) is 9.59 Å². The van der Waals surface area contributed by atoms with Gasteiger partial charge in [0, 0.05) is 29.8 Å². The van der Waals surface area contributed by atoms with E-state index in [1.54, 1.807) is 0 Å². The summed E-state index contributed by atoms with van der Waals surface area (Å²) in [7, 11) is 0. The van der Waals surface area contributed by atoms with Crippen LogP contribution in [-0.2, 0) is 9.59 Å². The summed E-state index contributed by atoms with van der Waals surface area (Å²) in [6.07, 6.45) is 4.04. The Hall–Kier alpha value is -3.56. The lowest BCUT2D eigenvalue weighted by molar-refractivity contribution is -0.134. The standard InChI is InChI=1S/C21H21NO.C4H4O4/c1-2-4-17(5-3-1)6-7-18-8-10-20(11-9-18)23-21-16-22-14-12-19(21)13-15-22;5-3(6)1-2-4(7)8/h1-5,8-11,19,21H,12-16H2;1-2H,(H,5,6)(H,7,8)/b;2-1+. The van der Waals surface area contributed by atoms with Crippen LogP contribution in [0.25, 0.3) is 0 Å². The molecule has 0 radical (unpaired) electrons. The fourth-order valence-electron chi connectivity index (χ4n) is 3.64. The summed E-state index contributed by atoms with van der Waals surface area (Å²) in [5, 5.41) is 15.6. The molecule has 3 saturated heterocycles. The predicted molar refractivity (Wildman–Crippen MR) is 117 cm³/mol. The van der Waals surface area contributed by atoms with Crippen LogP contribution >= 0.6 is 0 Å². The SMILES string of the molecule is C(#Cc1ccc(OC2CN3CCC2CC3)cc1)c1ccccc1.O=C(O)/C=C/C(=O)O. The molecule has 2 N–H and O–H groups in total. The van der Waals surface area contributed by atoms with Gasteiger partial charge in [-0.25, -0.2) is 9.59 Å². The molecule has 0 saturated carbocycles. The van der Waals surface area contributed by atoms with Crippen LogP contribution in [0.4, 0.5) is 0 Å². The Kier molecular flexibility index (Phi) is 7.85. The van der Waals surface area contributed by atoms with Crippen molar-refractivity contribution < 1.29 is 24.5 Å². The molecule has 160 valence electrons. The Bertz CT molecular complexity index is 948. The summed E-state index contributed by atoms with van der Waals surface area (Å²) in [5.74, 6) is 5.58. The van der Waals surface area contributed by atoms with Crippen LogP contribution < -0.4 is 4.74 Å². The van der Waals surface area contributed by atoms with Gasteiger partial charge in [-0.05, 0) is 68.2 Å². The number of rotatable bonds is 4. The molecule has 0 aromatic heterocycles. The average Bonchev–Trinajstić information content (AvgIpc) is 2.79. The van der Waals surface area contributed by atoms with Crippen LogP contribution in [0, 0.1) is 17.8 Å². The van der Waals surface area contributed by atoms with Crippen LogP contribution in [0.15, 0.2) is 66.7 Å². The van der Waals surface area contributed by atoms with Crippen LogP contribution in [0.1, 0.15) is 24.0 Å². The van der Waals surface area contributed by atoms with Crippen molar-refractivity contribution in [2.24, 2.45) is 5.92 Å². The third-order valence-corrected chi connectivity index (χ3v) is 5.23. The van der Waals surface area contributed by atoms with Gasteiger partial charge < -0.3 is 14.9 Å². The molecule has 3 fully saturated rings. The number of carbonyl (C=O) groups is 2. The first kappa shape index (κ1) is 22.1. The maximum Gasteiger partial charge on any atom is 0.328 e. The Labute approximate surface area is 181 Å². The number of ether oxygens (including phenoxy) is 1. The van der Waals surface area contributed by atoms with Crippen molar-refractivity contribution in [1.82, 2.24) is 4.90 Å². The third-order valence-electron chi connectivity index (χ3n) is 5.23. The topological polar surface area (TPSA) is 87.1 Å². The van der Waals surface area contributed by atoms with E-state index in [0.717, 1.165) is 29.3 Å². The molecular formula is C25H25NO5. The van der Waals surface area contributed by atoms with Gasteiger partial charge in [-0.15, -0.1) is 0 Å². The molecule has 1 atom stereocenters. The van der Waals surface area contributed by atoms with Gasteiger partial charge in [-0.3, -0.25) is 4.90 Å². The summed E-state index contributed by atoms with van der Waals surface area (Å²) < 4.78 is 6.22. The molecule has 0 spiro atoms. The molecule has 0 aliphatic carbocycles. The van der Waals surface area contributed by atoms with Crippen LogP contribution in [0.5, 0.6) is 5.75 Å². The maximum absolute atomic E-state index is 9.55. The molecule has 6 nitrogen and oxygen atoms in total. The first-order valence-electron chi connectivity index (χ1n) is 10.2. The highest BCUT2D eigenvalue weighted by molar-refractivity contribution is 5.89. The number of piperidine rings is 3. The highest BCUT2D eigenvalue weighted by Gasteiger charge is 2.35. The minimum absolute atomic E-state index is 0.360. The van der Waals surface area contributed by atoms with Crippen molar-refractivity contribution in [2.75, 3.05) is 19.6 Å². The van der Waals surface area contributed by atoms with Gasteiger partial charge >= 0.3 is 11.9 Å². The Morgan fingerprint density at radius 1 is 0.871 bits per heavy atom. The van der Waals surface area contributed by atoms with Crippen molar-refractivity contribution in [3.63, 3.8) is 0 Å². The second-order valence-electron chi connectivity index (χ2n) is 7.44. The molecule has 0 amide bonds. The molecule has 2 aromatic carbocycles. The lowest BCUT2D eigenvalue weighted by Gasteiger charge is -2.44. The number of hydrogen-bond donors (Lipinski definition) is 2. The number of carboxylic acids is 2. The highest BCUT2D eigenvalue weighted by atomic mass is 16.5. The van der Waals surface area contributed by atoms with E-state index in [1.807, 2.05) is 54.6 Å². The largest absolute Gasteiger partial charge is 0.489 e. The number of hydrogen-bond acceptors (Lipinski definition) is 4. The van der Waals surface area contributed by atoms with Crippen molar-refractivity contribution >= 4 is 11.9 Å². The van der Waals surface area contributed by atoms with E-state index in [2.05, 4.69) is 16.7 Å². The third kappa shape index (κ3) is 7.32. The zero-order valence-corrected chi connectivity index (χ0v) is 17.1. The number of aliphatic carboxylic acids is 2. The van der Waals surface area contributed by atoms with Crippen molar-refractivity contribution in [3.8, 4) is 17.6 Å². The van der Waals surface area contributed by atoms with E-state index in [-0.39, 0.29) is 0 Å². The van der Waals surface area contributed by atoms with Gasteiger partial charge in [-0.2, -0.15) is 0 Å². The molecule has 6 heteroatoms. The molecule has 31 heavy (non-hydrogen) atoms. The Balaban J connectivity index is 0.000000293. The first-order chi connectivity index (χ1) is 15.0. The number of benzene rings is 2. The molecule has 3 aliphatic rings. The molecule has 3 aliphatic heterocycles. The Morgan fingerprint density at radius 3 is 1.90 bits per heavy atom. The zero-order valence-electron chi connectivity index (χ0n) is 17.1. The number of fused-ring (bicyclic) bond motifs is 3. The smallest absolute Gasteiger partial charge is 0.328 e. The van der Waals surface area contributed by atoms with E-state index < -0.39 is 11.9 Å². The second-order valence-corrected chi connectivity index (χ2v) is 7.44. The molecule has 3 heterocycles. The summed E-state index contributed by atoms with van der Waals surface area (Å²) in [4.78, 5) is 21.6. The molecule has 1 unspecified atom stereocenters. The zero-order chi connectivity index (χ0) is 22.1. The predicted octanol–water partition coefficient (Wildman–Crippen LogP) is 3.27. The summed E-state index contributed by atoms with van der Waals surface area (Å²) in [5.41, 5.74) is 2.07. The molecule has 2 bridgehead atoms. The van der Waals surface area contributed by atoms with Crippen molar-refractivity contribution in [3.05, 3.63) is 77.9 Å². The lowest BCUT2D eigenvalue weighted by Crippen LogP contribution is -2.52. The fraction of sp³-hybridized carbons (Fsp3) is 0.280. The van der Waals surface area contributed by atoms with Gasteiger partial charge in [-0.1, -0.05) is 30.0 Å². The second kappa shape index (κ2) is 11.0. The highest BCUT2D eigenvalue weighted by Crippen LogP contribution is 2.30. The van der Waals surface area contributed by atoms with E-state index >= 15 is 0 Å². The van der Waals surface area contributed by atoms with E-state index in [1.165, 1.54) is 25.9 Å². The van der Waals surface area contributed by atoms with Crippen molar-refractivity contribution in [2.45, 2.75) is 18.9 Å². The van der Waals surface area contributed by atoms with E-state index in [0.29, 0.717) is 18.3 Å². The van der Waals surface area contributed by atoms with Crippen molar-refractivity contribution in [1.29, 1.82) is 0 Å². The summed E-state index contributed by atoms with van der Waals surface area (Å²) in [6, 6.07) is 18.3. The average molecular weight is 419 g/mol. The minimum Gasteiger partial charge on any atom is -0.489 e. The lowest BCUT2D eigenvalue weighted by atomic mass is 9.86.